The minimum atomic E-state index is -0.188. The van der Waals surface area contributed by atoms with Gasteiger partial charge in [0.25, 0.3) is 0 Å². The summed E-state index contributed by atoms with van der Waals surface area (Å²) in [4.78, 5) is 11.5. The fourth-order valence-corrected chi connectivity index (χ4v) is 1.60. The summed E-state index contributed by atoms with van der Waals surface area (Å²) in [5.41, 5.74) is -0.188. The van der Waals surface area contributed by atoms with Crippen molar-refractivity contribution >= 4 is 5.91 Å². The molecule has 0 saturated carbocycles. The number of hydrogen-bond acceptors (Lipinski definition) is 3. The van der Waals surface area contributed by atoms with E-state index in [1.807, 2.05) is 20.8 Å². The van der Waals surface area contributed by atoms with Gasteiger partial charge in [-0.3, -0.25) is 4.79 Å². The van der Waals surface area contributed by atoms with Gasteiger partial charge in [0, 0.05) is 6.61 Å². The Morgan fingerprint density at radius 3 is 2.86 bits per heavy atom. The van der Waals surface area contributed by atoms with Crippen LogP contribution in [0.25, 0.3) is 0 Å². The standard InChI is InChI=1S/C10H20N2O2/c1-4-11-7-9(13)12-10(3)5-6-14-8(10)2/h8,11H,4-7H2,1-3H3,(H,12,13). The van der Waals surface area contributed by atoms with E-state index in [9.17, 15) is 4.79 Å². The Morgan fingerprint density at radius 1 is 1.64 bits per heavy atom. The molecule has 4 nitrogen and oxygen atoms in total. The molecule has 0 aliphatic carbocycles. The molecule has 0 spiro atoms. The largest absolute Gasteiger partial charge is 0.376 e. The van der Waals surface area contributed by atoms with Gasteiger partial charge >= 0.3 is 0 Å². The third-order valence-electron chi connectivity index (χ3n) is 2.85. The van der Waals surface area contributed by atoms with Crippen LogP contribution in [-0.4, -0.2) is 37.2 Å². The van der Waals surface area contributed by atoms with Crippen LogP contribution < -0.4 is 10.6 Å². The highest BCUT2D eigenvalue weighted by molar-refractivity contribution is 5.78. The van der Waals surface area contributed by atoms with Gasteiger partial charge in [0.05, 0.1) is 18.2 Å². The Hall–Kier alpha value is -0.610. The van der Waals surface area contributed by atoms with Crippen molar-refractivity contribution in [3.05, 3.63) is 0 Å². The summed E-state index contributed by atoms with van der Waals surface area (Å²) < 4.78 is 5.44. The lowest BCUT2D eigenvalue weighted by Crippen LogP contribution is -2.52. The second kappa shape index (κ2) is 4.75. The monoisotopic (exact) mass is 200 g/mol. The van der Waals surface area contributed by atoms with Crippen molar-refractivity contribution in [1.82, 2.24) is 10.6 Å². The molecule has 1 aliphatic rings. The molecule has 1 saturated heterocycles. The van der Waals surface area contributed by atoms with Crippen molar-refractivity contribution in [2.24, 2.45) is 0 Å². The maximum Gasteiger partial charge on any atom is 0.234 e. The second-order valence-electron chi connectivity index (χ2n) is 4.01. The van der Waals surface area contributed by atoms with Crippen LogP contribution in [0.4, 0.5) is 0 Å². The van der Waals surface area contributed by atoms with Crippen molar-refractivity contribution < 1.29 is 9.53 Å². The summed E-state index contributed by atoms with van der Waals surface area (Å²) in [7, 11) is 0. The maximum atomic E-state index is 11.5. The number of nitrogens with one attached hydrogen (secondary N) is 2. The van der Waals surface area contributed by atoms with E-state index in [1.165, 1.54) is 0 Å². The van der Waals surface area contributed by atoms with Crippen molar-refractivity contribution in [2.45, 2.75) is 38.8 Å². The van der Waals surface area contributed by atoms with Gasteiger partial charge in [-0.25, -0.2) is 0 Å². The molecule has 1 rings (SSSR count). The van der Waals surface area contributed by atoms with Gasteiger partial charge in [0.1, 0.15) is 0 Å². The van der Waals surface area contributed by atoms with Crippen LogP contribution in [0.3, 0.4) is 0 Å². The molecule has 2 atom stereocenters. The lowest BCUT2D eigenvalue weighted by atomic mass is 9.95. The average Bonchev–Trinajstić information content (AvgIpc) is 2.43. The first-order valence-electron chi connectivity index (χ1n) is 5.22. The number of likely N-dealkylation sites (N-methyl/N-ethyl adjacent to an activating group) is 1. The van der Waals surface area contributed by atoms with Crippen molar-refractivity contribution in [3.63, 3.8) is 0 Å². The summed E-state index contributed by atoms with van der Waals surface area (Å²) in [6.07, 6.45) is 1.000. The summed E-state index contributed by atoms with van der Waals surface area (Å²) in [6.45, 7) is 7.96. The van der Waals surface area contributed by atoms with E-state index >= 15 is 0 Å². The van der Waals surface area contributed by atoms with Crippen LogP contribution >= 0.6 is 0 Å². The van der Waals surface area contributed by atoms with Gasteiger partial charge < -0.3 is 15.4 Å². The lowest BCUT2D eigenvalue weighted by Gasteiger charge is -2.28. The molecule has 2 N–H and O–H groups in total. The third kappa shape index (κ3) is 2.69. The molecule has 1 aliphatic heterocycles. The van der Waals surface area contributed by atoms with Gasteiger partial charge in [-0.2, -0.15) is 0 Å². The Kier molecular flexibility index (Phi) is 3.89. The SMILES string of the molecule is CCNCC(=O)NC1(C)CCOC1C. The fraction of sp³-hybridized carbons (Fsp3) is 0.900. The molecule has 0 aromatic carbocycles. The molecule has 82 valence electrons. The molecule has 0 bridgehead atoms. The van der Waals surface area contributed by atoms with Crippen LogP contribution in [0, 0.1) is 0 Å². The van der Waals surface area contributed by atoms with Crippen LogP contribution in [0.5, 0.6) is 0 Å². The number of ether oxygens (including phenoxy) is 1. The molecule has 1 heterocycles. The van der Waals surface area contributed by atoms with E-state index in [0.29, 0.717) is 6.54 Å². The minimum absolute atomic E-state index is 0.0479. The van der Waals surface area contributed by atoms with Gasteiger partial charge in [-0.15, -0.1) is 0 Å². The van der Waals surface area contributed by atoms with Crippen LogP contribution in [0.1, 0.15) is 27.2 Å². The molecular formula is C10H20N2O2. The third-order valence-corrected chi connectivity index (χ3v) is 2.85. The van der Waals surface area contributed by atoms with Gasteiger partial charge in [0.2, 0.25) is 5.91 Å². The van der Waals surface area contributed by atoms with Crippen molar-refractivity contribution in [2.75, 3.05) is 19.7 Å². The van der Waals surface area contributed by atoms with E-state index < -0.39 is 0 Å². The molecule has 0 aromatic rings. The first kappa shape index (κ1) is 11.5. The van der Waals surface area contributed by atoms with E-state index in [1.54, 1.807) is 0 Å². The molecule has 1 fully saturated rings. The van der Waals surface area contributed by atoms with Crippen LogP contribution in [0.2, 0.25) is 0 Å². The zero-order chi connectivity index (χ0) is 10.6. The highest BCUT2D eigenvalue weighted by atomic mass is 16.5. The van der Waals surface area contributed by atoms with Crippen molar-refractivity contribution in [1.29, 1.82) is 0 Å². The van der Waals surface area contributed by atoms with Crippen molar-refractivity contribution in [3.8, 4) is 0 Å². The van der Waals surface area contributed by atoms with Crippen LogP contribution in [-0.2, 0) is 9.53 Å². The zero-order valence-corrected chi connectivity index (χ0v) is 9.22. The first-order chi connectivity index (χ1) is 6.58. The molecule has 0 aromatic heterocycles. The van der Waals surface area contributed by atoms with Gasteiger partial charge in [-0.1, -0.05) is 6.92 Å². The summed E-state index contributed by atoms with van der Waals surface area (Å²) in [5, 5.41) is 6.01. The zero-order valence-electron chi connectivity index (χ0n) is 9.22. The lowest BCUT2D eigenvalue weighted by molar-refractivity contribution is -0.122. The quantitative estimate of drug-likeness (QED) is 0.685. The second-order valence-corrected chi connectivity index (χ2v) is 4.01. The highest BCUT2D eigenvalue weighted by Crippen LogP contribution is 2.24. The number of hydrogen-bond donors (Lipinski definition) is 2. The Balaban J connectivity index is 2.38. The van der Waals surface area contributed by atoms with Gasteiger partial charge in [0.15, 0.2) is 0 Å². The average molecular weight is 200 g/mol. The highest BCUT2D eigenvalue weighted by Gasteiger charge is 2.37. The molecule has 4 heteroatoms. The topological polar surface area (TPSA) is 50.4 Å². The summed E-state index contributed by atoms with van der Waals surface area (Å²) in [6, 6.07) is 0. The van der Waals surface area contributed by atoms with E-state index in [0.717, 1.165) is 19.6 Å². The first-order valence-corrected chi connectivity index (χ1v) is 5.22. The minimum Gasteiger partial charge on any atom is -0.376 e. The molecular weight excluding hydrogens is 180 g/mol. The number of carbonyl (C=O) groups is 1. The predicted molar refractivity (Wildman–Crippen MR) is 55.1 cm³/mol. The molecule has 0 radical (unpaired) electrons. The summed E-state index contributed by atoms with van der Waals surface area (Å²) in [5.74, 6) is 0.0479. The molecule has 1 amide bonds. The number of amides is 1. The predicted octanol–water partition coefficient (Wildman–Crippen LogP) is 0.280. The van der Waals surface area contributed by atoms with Gasteiger partial charge in [-0.05, 0) is 26.8 Å². The fourth-order valence-electron chi connectivity index (χ4n) is 1.60. The Bertz CT molecular complexity index is 208. The van der Waals surface area contributed by atoms with Crippen LogP contribution in [0.15, 0.2) is 0 Å². The number of rotatable bonds is 4. The molecule has 2 unspecified atom stereocenters. The number of carbonyl (C=O) groups excluding carboxylic acids is 1. The maximum absolute atomic E-state index is 11.5. The smallest absolute Gasteiger partial charge is 0.234 e. The van der Waals surface area contributed by atoms with E-state index in [2.05, 4.69) is 10.6 Å². The van der Waals surface area contributed by atoms with E-state index in [4.69, 9.17) is 4.74 Å². The molecule has 14 heavy (non-hydrogen) atoms. The van der Waals surface area contributed by atoms with E-state index in [-0.39, 0.29) is 17.6 Å². The Labute approximate surface area is 85.4 Å². The summed E-state index contributed by atoms with van der Waals surface area (Å²) >= 11 is 0. The normalized spacial score (nSPS) is 31.8. The Morgan fingerprint density at radius 2 is 2.36 bits per heavy atom.